The maximum absolute atomic E-state index is 12.2. The van der Waals surface area contributed by atoms with Crippen LogP contribution in [0.1, 0.15) is 30.7 Å². The zero-order valence-corrected chi connectivity index (χ0v) is 16.3. The predicted octanol–water partition coefficient (Wildman–Crippen LogP) is 1.39. The fourth-order valence-electron chi connectivity index (χ4n) is 3.80. The largest absolute Gasteiger partial charge is 0.493 e. The number of rotatable bonds is 7. The molecule has 2 aliphatic heterocycles. The number of hydrogen-bond donors (Lipinski definition) is 1. The highest BCUT2D eigenvalue weighted by atomic mass is 16.5. The van der Waals surface area contributed by atoms with Gasteiger partial charge in [-0.25, -0.2) is 9.67 Å². The summed E-state index contributed by atoms with van der Waals surface area (Å²) >= 11 is 0. The molecule has 0 radical (unpaired) electrons. The van der Waals surface area contributed by atoms with Gasteiger partial charge >= 0.3 is 0 Å². The quantitative estimate of drug-likeness (QED) is 0.776. The van der Waals surface area contributed by atoms with Crippen molar-refractivity contribution in [2.24, 2.45) is 0 Å². The minimum Gasteiger partial charge on any atom is -0.493 e. The van der Waals surface area contributed by atoms with Gasteiger partial charge < -0.3 is 19.7 Å². The summed E-state index contributed by atoms with van der Waals surface area (Å²) in [5.41, 5.74) is 1.11. The van der Waals surface area contributed by atoms with Crippen LogP contribution in [0, 0.1) is 0 Å². The molecule has 0 bridgehead atoms. The number of hydrogen-bond acceptors (Lipinski definition) is 6. The summed E-state index contributed by atoms with van der Waals surface area (Å²) in [6.45, 7) is 3.29. The first-order chi connectivity index (χ1) is 13.7. The molecule has 1 fully saturated rings. The third kappa shape index (κ3) is 4.27. The maximum Gasteiger partial charge on any atom is 0.260 e. The number of nitrogens with one attached hydrogen (secondary N) is 1. The smallest absolute Gasteiger partial charge is 0.260 e. The van der Waals surface area contributed by atoms with Crippen LogP contribution in [0.5, 0.6) is 11.5 Å². The lowest BCUT2D eigenvalue weighted by Gasteiger charge is -2.24. The molecular formula is C20H27N5O3. The third-order valence-corrected chi connectivity index (χ3v) is 5.44. The molecule has 8 nitrogen and oxygen atoms in total. The predicted molar refractivity (Wildman–Crippen MR) is 103 cm³/mol. The number of nitrogens with zero attached hydrogens (tertiary/aromatic N) is 4. The minimum absolute atomic E-state index is 0.0371. The Labute approximate surface area is 164 Å². The standard InChI is InChI=1S/C20H27N5O3/c1-27-18-10-15(11-21-16-5-7-19-22-14-23-25(19)12-16)4-6-17(18)28-13-20(26)24-8-2-3-9-24/h4,6,10,14,16,21H,2-3,5,7-9,11-13H2,1H3/t16-/m0/s1. The Morgan fingerprint density at radius 1 is 1.29 bits per heavy atom. The van der Waals surface area contributed by atoms with E-state index in [4.69, 9.17) is 9.47 Å². The van der Waals surface area contributed by atoms with E-state index in [1.54, 1.807) is 13.4 Å². The zero-order valence-electron chi connectivity index (χ0n) is 16.3. The van der Waals surface area contributed by atoms with Crippen molar-refractivity contribution in [2.45, 2.75) is 44.8 Å². The number of likely N-dealkylation sites (tertiary alicyclic amines) is 1. The lowest BCUT2D eigenvalue weighted by atomic mass is 10.1. The molecule has 2 aromatic rings. The molecule has 0 saturated carbocycles. The van der Waals surface area contributed by atoms with Crippen LogP contribution >= 0.6 is 0 Å². The monoisotopic (exact) mass is 385 g/mol. The average molecular weight is 385 g/mol. The third-order valence-electron chi connectivity index (χ3n) is 5.44. The normalized spacial score (nSPS) is 18.8. The fraction of sp³-hybridized carbons (Fsp3) is 0.550. The van der Waals surface area contributed by atoms with Crippen molar-refractivity contribution >= 4 is 5.91 Å². The van der Waals surface area contributed by atoms with Crippen LogP contribution in [0.2, 0.25) is 0 Å². The average Bonchev–Trinajstić information content (AvgIpc) is 3.42. The van der Waals surface area contributed by atoms with Crippen LogP contribution in [0.25, 0.3) is 0 Å². The van der Waals surface area contributed by atoms with Crippen molar-refractivity contribution in [1.82, 2.24) is 25.0 Å². The number of carbonyl (C=O) groups is 1. The Bertz CT molecular complexity index is 816. The van der Waals surface area contributed by atoms with E-state index in [1.807, 2.05) is 27.8 Å². The summed E-state index contributed by atoms with van der Waals surface area (Å²) in [7, 11) is 1.62. The first kappa shape index (κ1) is 18.7. The summed E-state index contributed by atoms with van der Waals surface area (Å²) in [6.07, 6.45) is 5.77. The second-order valence-corrected chi connectivity index (χ2v) is 7.34. The van der Waals surface area contributed by atoms with Crippen LogP contribution < -0.4 is 14.8 Å². The van der Waals surface area contributed by atoms with Gasteiger partial charge in [-0.1, -0.05) is 6.07 Å². The molecule has 0 aliphatic carbocycles. The SMILES string of the molecule is COc1cc(CN[C@H]2CCc3ncnn3C2)ccc1OCC(=O)N1CCCC1. The molecular weight excluding hydrogens is 358 g/mol. The molecule has 4 rings (SSSR count). The summed E-state index contributed by atoms with van der Waals surface area (Å²) in [6, 6.07) is 6.22. The molecule has 0 spiro atoms. The molecule has 8 heteroatoms. The van der Waals surface area contributed by atoms with Gasteiger partial charge in [0.25, 0.3) is 5.91 Å². The van der Waals surface area contributed by atoms with Gasteiger partial charge in [0.1, 0.15) is 12.2 Å². The lowest BCUT2D eigenvalue weighted by Crippen LogP contribution is -2.37. The molecule has 28 heavy (non-hydrogen) atoms. The summed E-state index contributed by atoms with van der Waals surface area (Å²) < 4.78 is 13.2. The molecule has 3 heterocycles. The number of benzene rings is 1. The Morgan fingerprint density at radius 2 is 2.14 bits per heavy atom. The number of fused-ring (bicyclic) bond motifs is 1. The van der Waals surface area contributed by atoms with E-state index in [1.165, 1.54) is 0 Å². The van der Waals surface area contributed by atoms with E-state index in [0.29, 0.717) is 17.5 Å². The lowest BCUT2D eigenvalue weighted by molar-refractivity contribution is -0.132. The van der Waals surface area contributed by atoms with E-state index >= 15 is 0 Å². The number of methoxy groups -OCH3 is 1. The van der Waals surface area contributed by atoms with Gasteiger partial charge in [-0.05, 0) is 37.0 Å². The molecule has 1 amide bonds. The van der Waals surface area contributed by atoms with Crippen molar-refractivity contribution in [3.63, 3.8) is 0 Å². The Kier molecular flexibility index (Phi) is 5.76. The van der Waals surface area contributed by atoms with Crippen molar-refractivity contribution in [3.05, 3.63) is 35.9 Å². The van der Waals surface area contributed by atoms with Crippen molar-refractivity contribution in [3.8, 4) is 11.5 Å². The number of aryl methyl sites for hydroxylation is 1. The van der Waals surface area contributed by atoms with Crippen LogP contribution in [0.3, 0.4) is 0 Å². The fourth-order valence-corrected chi connectivity index (χ4v) is 3.80. The van der Waals surface area contributed by atoms with Crippen LogP contribution in [0.4, 0.5) is 0 Å². The first-order valence-electron chi connectivity index (χ1n) is 9.90. The summed E-state index contributed by atoms with van der Waals surface area (Å²) in [5.74, 6) is 2.35. The van der Waals surface area contributed by atoms with Crippen molar-refractivity contribution in [1.29, 1.82) is 0 Å². The van der Waals surface area contributed by atoms with E-state index in [0.717, 1.165) is 63.3 Å². The number of amides is 1. The topological polar surface area (TPSA) is 81.5 Å². The second kappa shape index (κ2) is 8.60. The van der Waals surface area contributed by atoms with E-state index in [-0.39, 0.29) is 12.5 Å². The summed E-state index contributed by atoms with van der Waals surface area (Å²) in [4.78, 5) is 18.3. The molecule has 1 aromatic heterocycles. The van der Waals surface area contributed by atoms with Gasteiger partial charge in [-0.2, -0.15) is 5.10 Å². The van der Waals surface area contributed by atoms with Gasteiger partial charge in [0, 0.05) is 32.1 Å². The van der Waals surface area contributed by atoms with Crippen LogP contribution in [0.15, 0.2) is 24.5 Å². The maximum atomic E-state index is 12.2. The van der Waals surface area contributed by atoms with Gasteiger partial charge in [0.2, 0.25) is 0 Å². The Balaban J connectivity index is 1.31. The molecule has 1 aromatic carbocycles. The van der Waals surface area contributed by atoms with Gasteiger partial charge in [0.05, 0.1) is 13.7 Å². The van der Waals surface area contributed by atoms with Crippen LogP contribution in [-0.4, -0.2) is 58.4 Å². The molecule has 1 N–H and O–H groups in total. The molecule has 150 valence electrons. The molecule has 1 atom stereocenters. The number of aromatic nitrogens is 3. The Morgan fingerprint density at radius 3 is 2.96 bits per heavy atom. The van der Waals surface area contributed by atoms with Crippen molar-refractivity contribution in [2.75, 3.05) is 26.8 Å². The molecule has 2 aliphatic rings. The van der Waals surface area contributed by atoms with Gasteiger partial charge in [-0.3, -0.25) is 4.79 Å². The minimum atomic E-state index is 0.0371. The summed E-state index contributed by atoms with van der Waals surface area (Å²) in [5, 5.41) is 7.84. The second-order valence-electron chi connectivity index (χ2n) is 7.34. The van der Waals surface area contributed by atoms with E-state index in [2.05, 4.69) is 15.4 Å². The highest BCUT2D eigenvalue weighted by Gasteiger charge is 2.20. The first-order valence-corrected chi connectivity index (χ1v) is 9.90. The van der Waals surface area contributed by atoms with Crippen LogP contribution in [-0.2, 0) is 24.3 Å². The van der Waals surface area contributed by atoms with Gasteiger partial charge in [-0.15, -0.1) is 0 Å². The van der Waals surface area contributed by atoms with E-state index < -0.39 is 0 Å². The molecule has 0 unspecified atom stereocenters. The molecule has 1 saturated heterocycles. The number of ether oxygens (including phenoxy) is 2. The van der Waals surface area contributed by atoms with E-state index in [9.17, 15) is 4.79 Å². The van der Waals surface area contributed by atoms with Gasteiger partial charge in [0.15, 0.2) is 18.1 Å². The Hall–Kier alpha value is -2.61. The van der Waals surface area contributed by atoms with Crippen molar-refractivity contribution < 1.29 is 14.3 Å². The highest BCUT2D eigenvalue weighted by molar-refractivity contribution is 5.78. The zero-order chi connectivity index (χ0) is 19.3. The highest BCUT2D eigenvalue weighted by Crippen LogP contribution is 2.28. The number of carbonyl (C=O) groups excluding carboxylic acids is 1.